The number of piperidine rings is 1. The van der Waals surface area contributed by atoms with Crippen molar-refractivity contribution in [2.75, 3.05) is 24.6 Å². The summed E-state index contributed by atoms with van der Waals surface area (Å²) in [4.78, 5) is 19.9. The monoisotopic (exact) mass is 660 g/mol. The quantitative estimate of drug-likeness (QED) is 0.234. The number of rotatable bonds is 3. The van der Waals surface area contributed by atoms with Crippen molar-refractivity contribution in [3.05, 3.63) is 64.8 Å². The van der Waals surface area contributed by atoms with Gasteiger partial charge in [-0.05, 0) is 103 Å². The molecule has 3 aliphatic rings. The van der Waals surface area contributed by atoms with Crippen molar-refractivity contribution in [3.63, 3.8) is 0 Å². The van der Waals surface area contributed by atoms with Crippen LogP contribution in [0.25, 0.3) is 28.0 Å². The highest BCUT2D eigenvalue weighted by Gasteiger charge is 2.38. The van der Waals surface area contributed by atoms with E-state index in [0.29, 0.717) is 47.4 Å². The SMILES string of the molecule is Cc1nc2cc3nn2c(c1[C@H](OC(C)(C)C)C(=O)O)N1CCC(C)(CC1)OCCCC[C@H](C)Oc1ccc(Cl)cc1-c1cccc-3c1. The molecular weight excluding hydrogens is 616 g/mol. The fourth-order valence-electron chi connectivity index (χ4n) is 6.59. The first-order valence-electron chi connectivity index (χ1n) is 16.6. The lowest BCUT2D eigenvalue weighted by molar-refractivity contribution is -0.160. The van der Waals surface area contributed by atoms with E-state index in [4.69, 9.17) is 35.9 Å². The molecule has 5 heterocycles. The highest BCUT2D eigenvalue weighted by Crippen LogP contribution is 2.40. The van der Waals surface area contributed by atoms with Gasteiger partial charge in [0.25, 0.3) is 0 Å². The van der Waals surface area contributed by atoms with Crippen LogP contribution in [0.3, 0.4) is 0 Å². The Kier molecular flexibility index (Phi) is 9.26. The molecule has 47 heavy (non-hydrogen) atoms. The molecule has 9 nitrogen and oxygen atoms in total. The number of aliphatic carboxylic acids is 1. The van der Waals surface area contributed by atoms with Crippen molar-refractivity contribution in [1.29, 1.82) is 0 Å². The van der Waals surface area contributed by atoms with Crippen LogP contribution in [-0.4, -0.2) is 62.7 Å². The van der Waals surface area contributed by atoms with Gasteiger partial charge in [-0.3, -0.25) is 0 Å². The third-order valence-corrected chi connectivity index (χ3v) is 9.31. The van der Waals surface area contributed by atoms with E-state index in [1.165, 1.54) is 0 Å². The van der Waals surface area contributed by atoms with E-state index in [2.05, 4.69) is 24.8 Å². The number of fused-ring (bicyclic) bond motifs is 8. The lowest BCUT2D eigenvalue weighted by Gasteiger charge is -2.41. The molecule has 1 N–H and O–H groups in total. The lowest BCUT2D eigenvalue weighted by atomic mass is 9.92. The van der Waals surface area contributed by atoms with Crippen LogP contribution in [0.1, 0.15) is 84.1 Å². The molecule has 250 valence electrons. The van der Waals surface area contributed by atoms with Gasteiger partial charge in [0, 0.05) is 47.6 Å². The van der Waals surface area contributed by atoms with Gasteiger partial charge in [0.1, 0.15) is 11.6 Å². The second kappa shape index (κ2) is 13.1. The van der Waals surface area contributed by atoms with E-state index in [0.717, 1.165) is 60.2 Å². The zero-order valence-electron chi connectivity index (χ0n) is 28.2. The van der Waals surface area contributed by atoms with E-state index in [-0.39, 0.29) is 11.7 Å². The summed E-state index contributed by atoms with van der Waals surface area (Å²) in [5, 5.41) is 16.2. The van der Waals surface area contributed by atoms with Gasteiger partial charge < -0.3 is 24.2 Å². The van der Waals surface area contributed by atoms with Crippen LogP contribution in [0, 0.1) is 6.92 Å². The van der Waals surface area contributed by atoms with Crippen molar-refractivity contribution in [1.82, 2.24) is 14.6 Å². The predicted molar refractivity (Wildman–Crippen MR) is 185 cm³/mol. The van der Waals surface area contributed by atoms with Crippen molar-refractivity contribution in [2.24, 2.45) is 0 Å². The van der Waals surface area contributed by atoms with Crippen molar-refractivity contribution >= 4 is 29.0 Å². The number of hydrogen-bond donors (Lipinski definition) is 1. The standard InChI is InChI=1S/C37H45ClN4O5/c1-23-10-7-8-19-45-37(6)15-17-41(18-16-37)34-32(33(35(43)44)47-36(3,4)5)24(2)39-31-22-29(40-42(31)34)26-12-9-11-25(20-26)28-21-27(38)13-14-30(28)46-23/h9,11-14,20-23,33H,7-8,10,15-19H2,1-6H3,(H,43,44)/t23-,33-/m0/s1. The van der Waals surface area contributed by atoms with Crippen LogP contribution >= 0.6 is 11.6 Å². The molecule has 0 aliphatic carbocycles. The summed E-state index contributed by atoms with van der Waals surface area (Å²) in [6.45, 7) is 13.8. The van der Waals surface area contributed by atoms with Gasteiger partial charge >= 0.3 is 5.97 Å². The Hall–Kier alpha value is -3.66. The summed E-state index contributed by atoms with van der Waals surface area (Å²) in [5.74, 6) is 0.411. The zero-order chi connectivity index (χ0) is 33.5. The Morgan fingerprint density at radius 3 is 2.57 bits per heavy atom. The topological polar surface area (TPSA) is 98.4 Å². The van der Waals surface area contributed by atoms with Crippen molar-refractivity contribution in [3.8, 4) is 28.1 Å². The normalized spacial score (nSPS) is 21.3. The number of aryl methyl sites for hydroxylation is 1. The first-order valence-corrected chi connectivity index (χ1v) is 16.9. The van der Waals surface area contributed by atoms with Crippen LogP contribution in [0.2, 0.25) is 5.02 Å². The van der Waals surface area contributed by atoms with E-state index in [1.807, 2.05) is 70.2 Å². The predicted octanol–water partition coefficient (Wildman–Crippen LogP) is 8.29. The molecule has 2 aromatic carbocycles. The average Bonchev–Trinajstić information content (AvgIpc) is 3.43. The molecule has 10 heteroatoms. The molecule has 3 aliphatic heterocycles. The first kappa shape index (κ1) is 33.2. The summed E-state index contributed by atoms with van der Waals surface area (Å²) in [5.41, 5.74) is 4.26. The van der Waals surface area contributed by atoms with Crippen LogP contribution < -0.4 is 9.64 Å². The van der Waals surface area contributed by atoms with Crippen LogP contribution in [0.15, 0.2) is 48.5 Å². The molecule has 0 amide bonds. The maximum absolute atomic E-state index is 12.8. The highest BCUT2D eigenvalue weighted by atomic mass is 35.5. The maximum Gasteiger partial charge on any atom is 0.337 e. The number of hydrogen-bond acceptors (Lipinski definition) is 7. The molecule has 1 fully saturated rings. The Morgan fingerprint density at radius 1 is 1.11 bits per heavy atom. The maximum atomic E-state index is 12.8. The van der Waals surface area contributed by atoms with E-state index < -0.39 is 17.7 Å². The molecule has 0 unspecified atom stereocenters. The smallest absolute Gasteiger partial charge is 0.337 e. The van der Waals surface area contributed by atoms with Gasteiger partial charge in [-0.15, -0.1) is 0 Å². The van der Waals surface area contributed by atoms with Crippen molar-refractivity contribution < 1.29 is 24.1 Å². The molecule has 6 bridgehead atoms. The minimum absolute atomic E-state index is 0.0276. The largest absolute Gasteiger partial charge is 0.490 e. The number of nitrogens with zero attached hydrogens (tertiary/aromatic N) is 4. The Balaban J connectivity index is 1.53. The molecule has 2 atom stereocenters. The Bertz CT molecular complexity index is 1770. The van der Waals surface area contributed by atoms with Gasteiger partial charge in [0.05, 0.1) is 28.6 Å². The third-order valence-electron chi connectivity index (χ3n) is 9.08. The summed E-state index contributed by atoms with van der Waals surface area (Å²) >= 11 is 6.49. The summed E-state index contributed by atoms with van der Waals surface area (Å²) in [6, 6.07) is 15.8. The molecule has 1 saturated heterocycles. The highest BCUT2D eigenvalue weighted by molar-refractivity contribution is 6.31. The van der Waals surface area contributed by atoms with Gasteiger partial charge in [-0.2, -0.15) is 9.61 Å². The number of carbonyl (C=O) groups is 1. The van der Waals surface area contributed by atoms with Gasteiger partial charge in [0.2, 0.25) is 0 Å². The molecule has 2 aromatic heterocycles. The second-order valence-electron chi connectivity index (χ2n) is 14.1. The fourth-order valence-corrected chi connectivity index (χ4v) is 6.77. The van der Waals surface area contributed by atoms with Gasteiger partial charge in [0.15, 0.2) is 11.8 Å². The van der Waals surface area contributed by atoms with E-state index in [1.54, 1.807) is 4.52 Å². The summed E-state index contributed by atoms with van der Waals surface area (Å²) in [6.07, 6.45) is 3.23. The Morgan fingerprint density at radius 2 is 1.85 bits per heavy atom. The van der Waals surface area contributed by atoms with Gasteiger partial charge in [-0.25, -0.2) is 9.78 Å². The second-order valence-corrected chi connectivity index (χ2v) is 14.5. The summed E-state index contributed by atoms with van der Waals surface area (Å²) in [7, 11) is 0. The molecule has 4 aromatic rings. The summed E-state index contributed by atoms with van der Waals surface area (Å²) < 4.78 is 21.0. The number of anilines is 1. The number of aromatic nitrogens is 3. The van der Waals surface area contributed by atoms with E-state index >= 15 is 0 Å². The van der Waals surface area contributed by atoms with Crippen LogP contribution in [0.5, 0.6) is 5.75 Å². The number of benzene rings is 2. The molecule has 0 radical (unpaired) electrons. The van der Waals surface area contributed by atoms with Crippen molar-refractivity contribution in [2.45, 2.75) is 97.1 Å². The molecule has 0 spiro atoms. The minimum Gasteiger partial charge on any atom is -0.490 e. The zero-order valence-corrected chi connectivity index (χ0v) is 28.9. The number of halogens is 1. The minimum atomic E-state index is -1.23. The molecular formula is C37H45ClN4O5. The van der Waals surface area contributed by atoms with Crippen LogP contribution in [0.4, 0.5) is 5.82 Å². The lowest BCUT2D eigenvalue weighted by Crippen LogP contribution is -2.46. The van der Waals surface area contributed by atoms with Gasteiger partial charge in [-0.1, -0.05) is 29.8 Å². The van der Waals surface area contributed by atoms with E-state index in [9.17, 15) is 9.90 Å². The average molecular weight is 661 g/mol. The Labute approximate surface area is 281 Å². The number of carboxylic acid groups (broad SMARTS) is 1. The first-order chi connectivity index (χ1) is 22.3. The number of ether oxygens (including phenoxy) is 3. The number of carboxylic acids is 1. The molecule has 0 saturated carbocycles. The fraction of sp³-hybridized carbons (Fsp3) is 0.486. The van der Waals surface area contributed by atoms with Crippen LogP contribution in [-0.2, 0) is 14.3 Å². The third kappa shape index (κ3) is 7.27. The molecule has 7 rings (SSSR count).